The highest BCUT2D eigenvalue weighted by Gasteiger charge is 2.71. The quantitative estimate of drug-likeness (QED) is 0.155. The van der Waals surface area contributed by atoms with E-state index in [4.69, 9.17) is 18.5 Å². The van der Waals surface area contributed by atoms with Crippen LogP contribution >= 0.6 is 0 Å². The summed E-state index contributed by atoms with van der Waals surface area (Å²) in [6.07, 6.45) is -1.92. The van der Waals surface area contributed by atoms with E-state index in [-0.39, 0.29) is 18.1 Å². The van der Waals surface area contributed by atoms with Crippen molar-refractivity contribution < 1.29 is 54.8 Å². The number of rotatable bonds is 9. The maximum absolute atomic E-state index is 13.7. The first-order valence-electron chi connectivity index (χ1n) is 11.0. The third kappa shape index (κ3) is 4.61. The second kappa shape index (κ2) is 8.78. The number of hydrogen-bond acceptors (Lipinski definition) is 9. The Bertz CT molecular complexity index is 961. The highest BCUT2D eigenvalue weighted by atomic mass is 32.2. The lowest BCUT2D eigenvalue weighted by Gasteiger charge is -2.36. The van der Waals surface area contributed by atoms with Crippen molar-refractivity contribution in [2.75, 3.05) is 13.2 Å². The Labute approximate surface area is 197 Å². The van der Waals surface area contributed by atoms with Crippen molar-refractivity contribution >= 4 is 36.3 Å². The second-order valence-electron chi connectivity index (χ2n) is 10.5. The van der Waals surface area contributed by atoms with Gasteiger partial charge in [0.2, 0.25) is 0 Å². The third-order valence-corrected chi connectivity index (χ3v) is 12.8. The molecule has 6 atom stereocenters. The van der Waals surface area contributed by atoms with Gasteiger partial charge in [0, 0.05) is 24.9 Å². The van der Waals surface area contributed by atoms with E-state index in [0.29, 0.717) is 13.0 Å². The lowest BCUT2D eigenvalue weighted by molar-refractivity contribution is -0.179. The number of esters is 3. The summed E-state index contributed by atoms with van der Waals surface area (Å²) in [6.45, 7) is 10.8. The summed E-state index contributed by atoms with van der Waals surface area (Å²) in [5.41, 5.74) is 0. The van der Waals surface area contributed by atoms with Gasteiger partial charge >= 0.3 is 33.3 Å². The zero-order valence-electron chi connectivity index (χ0n) is 19.6. The Hall–Kier alpha value is -1.64. The smallest absolute Gasteiger partial charge is 0.465 e. The van der Waals surface area contributed by atoms with Gasteiger partial charge in [0.15, 0.2) is 8.32 Å². The van der Waals surface area contributed by atoms with Crippen molar-refractivity contribution in [1.29, 1.82) is 0 Å². The first-order valence-corrected chi connectivity index (χ1v) is 15.3. The standard InChI is InChI=1S/C20H30F2O10SSi/c1-19(2,3)34(4,5)30-8-6-7-29-16(23)12-10-9-11-13(12)17(24)31-14(11)15(10)32-18(25)20(21,22)33(26,27)28/h10-15H,6-9H2,1-5H3,(H,26,27,28). The zero-order chi connectivity index (χ0) is 25.9. The molecule has 6 unspecified atom stereocenters. The fraction of sp³-hybridized carbons (Fsp3) is 0.850. The van der Waals surface area contributed by atoms with Gasteiger partial charge in [-0.15, -0.1) is 0 Å². The minimum absolute atomic E-state index is 0.0117. The van der Waals surface area contributed by atoms with Crippen molar-refractivity contribution in [1.82, 2.24) is 0 Å². The van der Waals surface area contributed by atoms with E-state index in [9.17, 15) is 31.6 Å². The normalized spacial score (nSPS) is 30.9. The average Bonchev–Trinajstić information content (AvgIpc) is 3.29. The molecule has 1 aliphatic heterocycles. The maximum atomic E-state index is 13.7. The summed E-state index contributed by atoms with van der Waals surface area (Å²) in [5, 5.41) is -5.18. The molecule has 0 amide bonds. The molecular formula is C20H30F2O10SSi. The van der Waals surface area contributed by atoms with Crippen LogP contribution in [0.3, 0.4) is 0 Å². The van der Waals surface area contributed by atoms with Gasteiger partial charge in [-0.25, -0.2) is 4.79 Å². The molecule has 2 bridgehead atoms. The lowest BCUT2D eigenvalue weighted by Crippen LogP contribution is -2.47. The number of fused-ring (bicyclic) bond motifs is 1. The molecule has 34 heavy (non-hydrogen) atoms. The molecule has 0 aromatic heterocycles. The Morgan fingerprint density at radius 2 is 1.79 bits per heavy atom. The van der Waals surface area contributed by atoms with Crippen LogP contribution in [0.25, 0.3) is 0 Å². The second-order valence-corrected chi connectivity index (χ2v) is 16.8. The summed E-state index contributed by atoms with van der Waals surface area (Å²) in [6, 6.07) is 0. The van der Waals surface area contributed by atoms with Gasteiger partial charge < -0.3 is 18.6 Å². The van der Waals surface area contributed by atoms with Gasteiger partial charge in [-0.2, -0.15) is 17.2 Å². The number of hydrogen-bond donors (Lipinski definition) is 1. The minimum Gasteiger partial charge on any atom is -0.465 e. The molecule has 1 N–H and O–H groups in total. The molecule has 1 saturated heterocycles. The lowest BCUT2D eigenvalue weighted by atomic mass is 9.78. The van der Waals surface area contributed by atoms with Crippen LogP contribution in [-0.4, -0.2) is 69.9 Å². The summed E-state index contributed by atoms with van der Waals surface area (Å²) in [4.78, 5) is 36.9. The van der Waals surface area contributed by atoms with Crippen molar-refractivity contribution in [3.8, 4) is 0 Å². The minimum atomic E-state index is -6.06. The largest absolute Gasteiger partial charge is 0.465 e. The van der Waals surface area contributed by atoms with Crippen molar-refractivity contribution in [2.24, 2.45) is 23.7 Å². The monoisotopic (exact) mass is 528 g/mol. The van der Waals surface area contributed by atoms with Crippen LogP contribution in [0.1, 0.15) is 33.6 Å². The molecule has 3 rings (SSSR count). The number of halogens is 2. The molecule has 3 fully saturated rings. The van der Waals surface area contributed by atoms with Crippen molar-refractivity contribution in [3.05, 3.63) is 0 Å². The third-order valence-electron chi connectivity index (χ3n) is 7.42. The van der Waals surface area contributed by atoms with E-state index < -0.39 is 77.5 Å². The molecular weight excluding hydrogens is 498 g/mol. The van der Waals surface area contributed by atoms with Crippen LogP contribution in [0, 0.1) is 23.7 Å². The van der Waals surface area contributed by atoms with E-state index in [0.717, 1.165) is 0 Å². The summed E-state index contributed by atoms with van der Waals surface area (Å²) in [5.74, 6) is -7.29. The predicted octanol–water partition coefficient (Wildman–Crippen LogP) is 2.14. The molecule has 194 valence electrons. The molecule has 2 aliphatic carbocycles. The summed E-state index contributed by atoms with van der Waals surface area (Å²) >= 11 is 0. The fourth-order valence-electron chi connectivity index (χ4n) is 4.64. The Morgan fingerprint density at radius 3 is 2.35 bits per heavy atom. The first kappa shape index (κ1) is 27.0. The number of carbonyl (C=O) groups excluding carboxylic acids is 3. The molecule has 1 heterocycles. The van der Waals surface area contributed by atoms with Crippen molar-refractivity contribution in [2.45, 2.75) is 69.2 Å². The highest BCUT2D eigenvalue weighted by Crippen LogP contribution is 2.59. The Kier molecular flexibility index (Phi) is 6.96. The van der Waals surface area contributed by atoms with Crippen LogP contribution in [0.2, 0.25) is 18.1 Å². The van der Waals surface area contributed by atoms with Gasteiger partial charge in [0.25, 0.3) is 0 Å². The fourth-order valence-corrected chi connectivity index (χ4v) is 5.98. The first-order chi connectivity index (χ1) is 15.4. The summed E-state index contributed by atoms with van der Waals surface area (Å²) < 4.78 is 78.8. The van der Waals surface area contributed by atoms with Crippen LogP contribution in [0.5, 0.6) is 0 Å². The summed E-state index contributed by atoms with van der Waals surface area (Å²) in [7, 11) is -8.03. The van der Waals surface area contributed by atoms with Crippen LogP contribution in [0.4, 0.5) is 8.78 Å². The predicted molar refractivity (Wildman–Crippen MR) is 114 cm³/mol. The SMILES string of the molecule is CC(C)(C)[Si](C)(C)OCCCOC(=O)C1C2CC3C(OC(=O)C31)C2OC(=O)C(F)(F)S(=O)(=O)O. The molecule has 0 aromatic rings. The molecule has 0 radical (unpaired) electrons. The van der Waals surface area contributed by atoms with Gasteiger partial charge in [-0.05, 0) is 24.6 Å². The average molecular weight is 529 g/mol. The van der Waals surface area contributed by atoms with Crippen LogP contribution in [-0.2, 0) is 43.1 Å². The Balaban J connectivity index is 1.62. The van der Waals surface area contributed by atoms with Gasteiger partial charge in [-0.3, -0.25) is 14.1 Å². The number of ether oxygens (including phenoxy) is 3. The molecule has 10 nitrogen and oxygen atoms in total. The van der Waals surface area contributed by atoms with E-state index in [2.05, 4.69) is 38.6 Å². The molecule has 0 spiro atoms. The van der Waals surface area contributed by atoms with Gasteiger partial charge in [0.1, 0.15) is 12.2 Å². The van der Waals surface area contributed by atoms with Crippen LogP contribution in [0.15, 0.2) is 0 Å². The van der Waals surface area contributed by atoms with Gasteiger partial charge in [-0.1, -0.05) is 20.8 Å². The highest BCUT2D eigenvalue weighted by molar-refractivity contribution is 7.87. The number of alkyl halides is 2. The molecule has 14 heteroatoms. The molecule has 2 saturated carbocycles. The van der Waals surface area contributed by atoms with E-state index in [1.165, 1.54) is 0 Å². The maximum Gasteiger partial charge on any atom is 0.465 e. The van der Waals surface area contributed by atoms with Crippen LogP contribution < -0.4 is 0 Å². The van der Waals surface area contributed by atoms with E-state index in [1.807, 2.05) is 0 Å². The molecule has 0 aromatic carbocycles. The number of carbonyl (C=O) groups is 3. The molecule has 3 aliphatic rings. The van der Waals surface area contributed by atoms with Gasteiger partial charge in [0.05, 0.1) is 18.4 Å². The van der Waals surface area contributed by atoms with E-state index >= 15 is 0 Å². The van der Waals surface area contributed by atoms with E-state index in [1.54, 1.807) is 0 Å². The topological polar surface area (TPSA) is 142 Å². The van der Waals surface area contributed by atoms with Crippen molar-refractivity contribution in [3.63, 3.8) is 0 Å². The Morgan fingerprint density at radius 1 is 1.18 bits per heavy atom. The zero-order valence-corrected chi connectivity index (χ0v) is 21.4.